The van der Waals surface area contributed by atoms with E-state index >= 15 is 0 Å². The third kappa shape index (κ3) is 4.95. The van der Waals surface area contributed by atoms with Gasteiger partial charge in [0.05, 0.1) is 18.2 Å². The zero-order chi connectivity index (χ0) is 23.2. The molecule has 2 bridgehead atoms. The Kier molecular flexibility index (Phi) is 5.48. The summed E-state index contributed by atoms with van der Waals surface area (Å²) in [5, 5.41) is 3.37. The van der Waals surface area contributed by atoms with E-state index in [1.807, 2.05) is 45.0 Å². The molecule has 176 valence electrons. The number of carbonyl (C=O) groups excluding carboxylic acids is 1. The SMILES string of the molecule is CC(C)(C)OC(=O)N1CC(Nc2nc(-c3ccc(N)cc3)nc(N3CC4CCC(C3)O4)n2)C1. The van der Waals surface area contributed by atoms with Gasteiger partial charge < -0.3 is 30.3 Å². The van der Waals surface area contributed by atoms with Crippen molar-refractivity contribution in [1.29, 1.82) is 0 Å². The molecule has 3 aliphatic rings. The van der Waals surface area contributed by atoms with Gasteiger partial charge >= 0.3 is 6.09 Å². The largest absolute Gasteiger partial charge is 0.444 e. The maximum Gasteiger partial charge on any atom is 0.410 e. The highest BCUT2D eigenvalue weighted by Gasteiger charge is 2.36. The fourth-order valence-corrected chi connectivity index (χ4v) is 4.34. The van der Waals surface area contributed by atoms with Crippen LogP contribution in [-0.4, -0.2) is 76.0 Å². The summed E-state index contributed by atoms with van der Waals surface area (Å²) in [6, 6.07) is 7.55. The predicted molar refractivity (Wildman–Crippen MR) is 125 cm³/mol. The van der Waals surface area contributed by atoms with Crippen LogP contribution in [0.2, 0.25) is 0 Å². The van der Waals surface area contributed by atoms with Crippen LogP contribution in [0.4, 0.5) is 22.4 Å². The molecule has 10 nitrogen and oxygen atoms in total. The summed E-state index contributed by atoms with van der Waals surface area (Å²) in [6.07, 6.45) is 2.30. The van der Waals surface area contributed by atoms with Crippen molar-refractivity contribution >= 4 is 23.7 Å². The van der Waals surface area contributed by atoms with Gasteiger partial charge in [-0.15, -0.1) is 0 Å². The number of nitrogen functional groups attached to an aromatic ring is 1. The van der Waals surface area contributed by atoms with Crippen LogP contribution < -0.4 is 16.0 Å². The average Bonchev–Trinajstić information content (AvgIpc) is 3.06. The minimum absolute atomic E-state index is 0.0490. The van der Waals surface area contributed by atoms with Crippen LogP contribution in [0.25, 0.3) is 11.4 Å². The summed E-state index contributed by atoms with van der Waals surface area (Å²) in [5.74, 6) is 1.73. The second kappa shape index (κ2) is 8.33. The van der Waals surface area contributed by atoms with Crippen molar-refractivity contribution in [1.82, 2.24) is 19.9 Å². The monoisotopic (exact) mass is 453 g/mol. The quantitative estimate of drug-likeness (QED) is 0.673. The molecule has 0 radical (unpaired) electrons. The average molecular weight is 454 g/mol. The molecule has 1 amide bonds. The van der Waals surface area contributed by atoms with Crippen LogP contribution in [0.5, 0.6) is 0 Å². The first-order chi connectivity index (χ1) is 15.7. The van der Waals surface area contributed by atoms with Gasteiger partial charge in [0, 0.05) is 37.4 Å². The topological polar surface area (TPSA) is 119 Å². The molecule has 3 saturated heterocycles. The molecule has 2 unspecified atom stereocenters. The Hall–Kier alpha value is -3.14. The highest BCUT2D eigenvalue weighted by molar-refractivity contribution is 5.69. The molecule has 10 heteroatoms. The Morgan fingerprint density at radius 2 is 1.73 bits per heavy atom. The second-order valence-corrected chi connectivity index (χ2v) is 9.99. The van der Waals surface area contributed by atoms with E-state index in [0.29, 0.717) is 36.5 Å². The van der Waals surface area contributed by atoms with Crippen LogP contribution >= 0.6 is 0 Å². The smallest absolute Gasteiger partial charge is 0.410 e. The van der Waals surface area contributed by atoms with Gasteiger partial charge in [0.1, 0.15) is 5.60 Å². The number of aromatic nitrogens is 3. The highest BCUT2D eigenvalue weighted by Crippen LogP contribution is 2.30. The minimum Gasteiger partial charge on any atom is -0.444 e. The molecule has 33 heavy (non-hydrogen) atoms. The maximum atomic E-state index is 12.2. The van der Waals surface area contributed by atoms with Gasteiger partial charge in [-0.25, -0.2) is 4.79 Å². The second-order valence-electron chi connectivity index (χ2n) is 9.99. The fraction of sp³-hybridized carbons (Fsp3) is 0.565. The number of anilines is 3. The van der Waals surface area contributed by atoms with Crippen LogP contribution in [0.1, 0.15) is 33.6 Å². The lowest BCUT2D eigenvalue weighted by atomic mass is 10.1. The number of likely N-dealkylation sites (tertiary alicyclic amines) is 1. The van der Waals surface area contributed by atoms with Crippen molar-refractivity contribution in [3.63, 3.8) is 0 Å². The number of carbonyl (C=O) groups is 1. The summed E-state index contributed by atoms with van der Waals surface area (Å²) in [6.45, 7) is 8.22. The summed E-state index contributed by atoms with van der Waals surface area (Å²) < 4.78 is 11.4. The minimum atomic E-state index is -0.510. The number of amides is 1. The number of nitrogens with two attached hydrogens (primary N) is 1. The van der Waals surface area contributed by atoms with Gasteiger partial charge in [-0.3, -0.25) is 0 Å². The Bertz CT molecular complexity index is 1010. The first kappa shape index (κ1) is 21.7. The van der Waals surface area contributed by atoms with Crippen molar-refractivity contribution in [3.05, 3.63) is 24.3 Å². The Balaban J connectivity index is 1.34. The summed E-state index contributed by atoms with van der Waals surface area (Å²) in [5.41, 5.74) is 6.91. The standard InChI is InChI=1S/C23H31N7O3/c1-23(2,3)33-22(31)30-10-16(11-30)25-20-26-19(14-4-6-15(24)7-5-14)27-21(28-20)29-12-17-8-9-18(13-29)32-17/h4-7,16-18H,8-13,24H2,1-3H3,(H,25,26,27,28). The van der Waals surface area contributed by atoms with Crippen molar-refractivity contribution in [3.8, 4) is 11.4 Å². The van der Waals surface area contributed by atoms with E-state index in [-0.39, 0.29) is 24.3 Å². The van der Waals surface area contributed by atoms with Gasteiger partial charge in [0.25, 0.3) is 0 Å². The van der Waals surface area contributed by atoms with E-state index in [4.69, 9.17) is 25.2 Å². The van der Waals surface area contributed by atoms with E-state index < -0.39 is 5.60 Å². The molecule has 5 rings (SSSR count). The first-order valence-electron chi connectivity index (χ1n) is 11.5. The molecule has 4 heterocycles. The number of rotatable bonds is 4. The number of nitrogens with one attached hydrogen (secondary N) is 1. The zero-order valence-corrected chi connectivity index (χ0v) is 19.3. The number of hydrogen-bond acceptors (Lipinski definition) is 9. The lowest BCUT2D eigenvalue weighted by Gasteiger charge is -2.40. The molecule has 0 aliphatic carbocycles. The number of morpholine rings is 1. The molecule has 0 spiro atoms. The Labute approximate surface area is 193 Å². The van der Waals surface area contributed by atoms with E-state index in [2.05, 4.69) is 15.2 Å². The molecule has 3 fully saturated rings. The summed E-state index contributed by atoms with van der Waals surface area (Å²) >= 11 is 0. The van der Waals surface area contributed by atoms with Crippen molar-refractivity contribution in [2.45, 2.75) is 57.5 Å². The summed E-state index contributed by atoms with van der Waals surface area (Å²) in [7, 11) is 0. The van der Waals surface area contributed by atoms with Crippen LogP contribution in [0.15, 0.2) is 24.3 Å². The Morgan fingerprint density at radius 1 is 1.06 bits per heavy atom. The number of benzene rings is 1. The van der Waals surface area contributed by atoms with Crippen molar-refractivity contribution in [2.24, 2.45) is 0 Å². The van der Waals surface area contributed by atoms with Crippen LogP contribution in [-0.2, 0) is 9.47 Å². The summed E-state index contributed by atoms with van der Waals surface area (Å²) in [4.78, 5) is 30.3. The van der Waals surface area contributed by atoms with Crippen molar-refractivity contribution in [2.75, 3.05) is 42.1 Å². The number of ether oxygens (including phenoxy) is 2. The molecule has 1 aromatic carbocycles. The van der Waals surface area contributed by atoms with Gasteiger partial charge in [0.2, 0.25) is 11.9 Å². The Morgan fingerprint density at radius 3 is 2.36 bits per heavy atom. The predicted octanol–water partition coefficient (Wildman–Crippen LogP) is 2.52. The molecular formula is C23H31N7O3. The normalized spacial score (nSPS) is 22.8. The van der Waals surface area contributed by atoms with Crippen molar-refractivity contribution < 1.29 is 14.3 Å². The molecule has 3 N–H and O–H groups in total. The third-order valence-electron chi connectivity index (χ3n) is 5.99. The molecule has 0 saturated carbocycles. The number of nitrogens with zero attached hydrogens (tertiary/aromatic N) is 5. The molecule has 1 aromatic heterocycles. The van der Waals surface area contributed by atoms with Crippen LogP contribution in [0.3, 0.4) is 0 Å². The maximum absolute atomic E-state index is 12.2. The number of hydrogen-bond donors (Lipinski definition) is 2. The number of fused-ring (bicyclic) bond motifs is 2. The van der Waals surface area contributed by atoms with Gasteiger partial charge in [0.15, 0.2) is 5.82 Å². The highest BCUT2D eigenvalue weighted by atomic mass is 16.6. The molecule has 2 aromatic rings. The van der Waals surface area contributed by atoms with Gasteiger partial charge in [-0.05, 0) is 57.9 Å². The van der Waals surface area contributed by atoms with E-state index in [1.54, 1.807) is 4.90 Å². The van der Waals surface area contributed by atoms with Gasteiger partial charge in [-0.1, -0.05) is 0 Å². The third-order valence-corrected chi connectivity index (χ3v) is 5.99. The lowest BCUT2D eigenvalue weighted by Crippen LogP contribution is -2.58. The molecule has 3 aliphatic heterocycles. The van der Waals surface area contributed by atoms with Gasteiger partial charge in [-0.2, -0.15) is 15.0 Å². The molecular weight excluding hydrogens is 422 g/mol. The van der Waals surface area contributed by atoms with E-state index in [1.165, 1.54) is 0 Å². The van der Waals surface area contributed by atoms with Crippen LogP contribution in [0, 0.1) is 0 Å². The zero-order valence-electron chi connectivity index (χ0n) is 19.3. The first-order valence-corrected chi connectivity index (χ1v) is 11.5. The fourth-order valence-electron chi connectivity index (χ4n) is 4.34. The lowest BCUT2D eigenvalue weighted by molar-refractivity contribution is 0.0104. The van der Waals surface area contributed by atoms with E-state index in [0.717, 1.165) is 31.5 Å². The van der Waals surface area contributed by atoms with E-state index in [9.17, 15) is 4.79 Å². The molecule has 2 atom stereocenters.